The maximum absolute atomic E-state index is 13.2. The third-order valence-electron chi connectivity index (χ3n) is 4.95. The van der Waals surface area contributed by atoms with E-state index in [0.717, 1.165) is 26.1 Å². The van der Waals surface area contributed by atoms with Crippen LogP contribution in [-0.4, -0.2) is 57.9 Å². The summed E-state index contributed by atoms with van der Waals surface area (Å²) < 4.78 is 12.3. The average molecular weight is 383 g/mol. The predicted octanol–water partition coefficient (Wildman–Crippen LogP) is 1.59. The van der Waals surface area contributed by atoms with Crippen LogP contribution in [0.5, 0.6) is 0 Å². The van der Waals surface area contributed by atoms with Gasteiger partial charge in [0.1, 0.15) is 17.7 Å². The van der Waals surface area contributed by atoms with Crippen LogP contribution in [0, 0.1) is 5.92 Å². The molecule has 3 aromatic heterocycles. The van der Waals surface area contributed by atoms with E-state index in [1.807, 2.05) is 0 Å². The summed E-state index contributed by atoms with van der Waals surface area (Å²) in [4.78, 5) is 35.1. The van der Waals surface area contributed by atoms with Crippen molar-refractivity contribution in [3.05, 3.63) is 42.2 Å². The molecule has 9 nitrogen and oxygen atoms in total. The Morgan fingerprint density at radius 2 is 2.14 bits per heavy atom. The van der Waals surface area contributed by atoms with Crippen molar-refractivity contribution in [2.75, 3.05) is 26.8 Å². The molecule has 1 aliphatic heterocycles. The van der Waals surface area contributed by atoms with Gasteiger partial charge in [0, 0.05) is 26.8 Å². The number of amides is 2. The number of fused-ring (bicyclic) bond motifs is 1. The van der Waals surface area contributed by atoms with Crippen LogP contribution in [0.1, 0.15) is 33.8 Å². The van der Waals surface area contributed by atoms with E-state index in [0.29, 0.717) is 29.6 Å². The fourth-order valence-electron chi connectivity index (χ4n) is 3.45. The molecule has 2 amide bonds. The van der Waals surface area contributed by atoms with E-state index in [-0.39, 0.29) is 17.2 Å². The number of primary amides is 1. The van der Waals surface area contributed by atoms with Crippen LogP contribution in [0.4, 0.5) is 0 Å². The molecular formula is C19H21N5O4. The van der Waals surface area contributed by atoms with Crippen molar-refractivity contribution in [2.45, 2.75) is 12.8 Å². The summed E-state index contributed by atoms with van der Waals surface area (Å²) in [5, 5.41) is 0. The van der Waals surface area contributed by atoms with E-state index in [4.69, 9.17) is 14.9 Å². The second kappa shape index (κ2) is 7.43. The highest BCUT2D eigenvalue weighted by atomic mass is 16.5. The van der Waals surface area contributed by atoms with Gasteiger partial charge in [-0.15, -0.1) is 0 Å². The van der Waals surface area contributed by atoms with Gasteiger partial charge in [-0.3, -0.25) is 14.0 Å². The van der Waals surface area contributed by atoms with Crippen LogP contribution in [0.15, 0.2) is 35.2 Å². The zero-order valence-electron chi connectivity index (χ0n) is 15.5. The van der Waals surface area contributed by atoms with Crippen molar-refractivity contribution in [3.63, 3.8) is 0 Å². The molecule has 4 heterocycles. The Morgan fingerprint density at radius 3 is 2.82 bits per heavy atom. The normalized spacial score (nSPS) is 15.0. The Bertz CT molecular complexity index is 1000. The van der Waals surface area contributed by atoms with Crippen LogP contribution in [-0.2, 0) is 4.74 Å². The molecule has 9 heteroatoms. The van der Waals surface area contributed by atoms with Crippen LogP contribution in [0.2, 0.25) is 0 Å². The lowest BCUT2D eigenvalue weighted by Gasteiger charge is -2.27. The van der Waals surface area contributed by atoms with E-state index >= 15 is 0 Å². The molecule has 0 aliphatic carbocycles. The van der Waals surface area contributed by atoms with E-state index in [1.54, 1.807) is 30.1 Å². The van der Waals surface area contributed by atoms with Gasteiger partial charge in [-0.1, -0.05) is 0 Å². The number of rotatable bonds is 5. The minimum absolute atomic E-state index is 0.00883. The van der Waals surface area contributed by atoms with E-state index in [1.165, 1.54) is 17.0 Å². The third-order valence-corrected chi connectivity index (χ3v) is 4.95. The summed E-state index contributed by atoms with van der Waals surface area (Å²) in [7, 11) is 1.77. The summed E-state index contributed by atoms with van der Waals surface area (Å²) in [6, 6.07) is 5.10. The minimum atomic E-state index is -0.708. The third kappa shape index (κ3) is 3.36. The number of hydrogen-bond acceptors (Lipinski definition) is 6. The van der Waals surface area contributed by atoms with Gasteiger partial charge in [-0.2, -0.15) is 0 Å². The standard InChI is InChI=1S/C19H21N5O4/c1-23(10-12-4-7-27-8-5-12)19(26)14-9-13(15-3-2-6-28-15)22-18-16(17(20)25)21-11-24(14)18/h2-3,6,9,11-12H,4-5,7-8,10H2,1H3,(H2,20,25). The maximum atomic E-state index is 13.2. The average Bonchev–Trinajstić information content (AvgIpc) is 3.37. The second-order valence-electron chi connectivity index (χ2n) is 6.90. The van der Waals surface area contributed by atoms with Gasteiger partial charge in [0.2, 0.25) is 0 Å². The molecule has 0 spiro atoms. The number of ether oxygens (including phenoxy) is 1. The van der Waals surface area contributed by atoms with E-state index < -0.39 is 5.91 Å². The molecule has 0 unspecified atom stereocenters. The first-order chi connectivity index (χ1) is 13.5. The highest BCUT2D eigenvalue weighted by Gasteiger charge is 2.24. The number of aromatic nitrogens is 3. The number of carbonyl (C=O) groups is 2. The van der Waals surface area contributed by atoms with Crippen molar-refractivity contribution < 1.29 is 18.7 Å². The molecule has 28 heavy (non-hydrogen) atoms. The zero-order chi connectivity index (χ0) is 19.7. The highest BCUT2D eigenvalue weighted by molar-refractivity contribution is 5.99. The van der Waals surface area contributed by atoms with E-state index in [2.05, 4.69) is 9.97 Å². The van der Waals surface area contributed by atoms with Crippen molar-refractivity contribution in [3.8, 4) is 11.5 Å². The fourth-order valence-corrected chi connectivity index (χ4v) is 3.45. The topological polar surface area (TPSA) is 116 Å². The lowest BCUT2D eigenvalue weighted by atomic mass is 10.00. The van der Waals surface area contributed by atoms with Gasteiger partial charge in [0.05, 0.1) is 6.26 Å². The van der Waals surface area contributed by atoms with Crippen molar-refractivity contribution >= 4 is 17.5 Å². The molecule has 1 fully saturated rings. The molecule has 0 atom stereocenters. The van der Waals surface area contributed by atoms with Crippen LogP contribution in [0.25, 0.3) is 17.1 Å². The van der Waals surface area contributed by atoms with Crippen LogP contribution in [0.3, 0.4) is 0 Å². The number of carbonyl (C=O) groups excluding carboxylic acids is 2. The molecule has 3 aromatic rings. The smallest absolute Gasteiger partial charge is 0.271 e. The largest absolute Gasteiger partial charge is 0.463 e. The summed E-state index contributed by atoms with van der Waals surface area (Å²) >= 11 is 0. The molecule has 146 valence electrons. The minimum Gasteiger partial charge on any atom is -0.463 e. The van der Waals surface area contributed by atoms with Crippen LogP contribution >= 0.6 is 0 Å². The fraction of sp³-hybridized carbons (Fsp3) is 0.368. The Balaban J connectivity index is 1.74. The Morgan fingerprint density at radius 1 is 1.36 bits per heavy atom. The SMILES string of the molecule is CN(CC1CCOCC1)C(=O)c1cc(-c2ccco2)nc2c(C(N)=O)ncn12. The number of hydrogen-bond donors (Lipinski definition) is 1. The molecule has 1 aliphatic rings. The number of nitrogens with two attached hydrogens (primary N) is 1. The second-order valence-corrected chi connectivity index (χ2v) is 6.90. The molecular weight excluding hydrogens is 362 g/mol. The molecule has 0 radical (unpaired) electrons. The van der Waals surface area contributed by atoms with Gasteiger partial charge in [-0.05, 0) is 37.0 Å². The first-order valence-corrected chi connectivity index (χ1v) is 9.09. The maximum Gasteiger partial charge on any atom is 0.271 e. The quantitative estimate of drug-likeness (QED) is 0.715. The number of furan rings is 1. The summed E-state index contributed by atoms with van der Waals surface area (Å²) in [6.07, 6.45) is 4.77. The summed E-state index contributed by atoms with van der Waals surface area (Å²) in [5.41, 5.74) is 6.42. The van der Waals surface area contributed by atoms with Gasteiger partial charge in [0.15, 0.2) is 17.1 Å². The van der Waals surface area contributed by atoms with Crippen molar-refractivity contribution in [1.29, 1.82) is 0 Å². The molecule has 1 saturated heterocycles. The van der Waals surface area contributed by atoms with E-state index in [9.17, 15) is 9.59 Å². The first kappa shape index (κ1) is 18.2. The van der Waals surface area contributed by atoms with Crippen molar-refractivity contribution in [2.24, 2.45) is 11.7 Å². The number of imidazole rings is 1. The number of nitrogens with zero attached hydrogens (tertiary/aromatic N) is 4. The predicted molar refractivity (Wildman–Crippen MR) is 99.7 cm³/mol. The Kier molecular flexibility index (Phi) is 4.82. The molecule has 0 saturated carbocycles. The summed E-state index contributed by atoms with van der Waals surface area (Å²) in [6.45, 7) is 2.07. The monoisotopic (exact) mass is 383 g/mol. The highest BCUT2D eigenvalue weighted by Crippen LogP contribution is 2.23. The van der Waals surface area contributed by atoms with Crippen molar-refractivity contribution in [1.82, 2.24) is 19.3 Å². The van der Waals surface area contributed by atoms with Gasteiger partial charge in [0.25, 0.3) is 11.8 Å². The van der Waals surface area contributed by atoms with Gasteiger partial charge >= 0.3 is 0 Å². The Labute approximate surface area is 161 Å². The molecule has 0 aromatic carbocycles. The molecule has 2 N–H and O–H groups in total. The lowest BCUT2D eigenvalue weighted by Crippen LogP contribution is -2.35. The summed E-state index contributed by atoms with van der Waals surface area (Å²) in [5.74, 6) is -0.0190. The van der Waals surface area contributed by atoms with Gasteiger partial charge < -0.3 is 19.8 Å². The van der Waals surface area contributed by atoms with Crippen LogP contribution < -0.4 is 5.73 Å². The molecule has 4 rings (SSSR count). The first-order valence-electron chi connectivity index (χ1n) is 9.09. The molecule has 0 bridgehead atoms. The Hall–Kier alpha value is -3.20. The lowest BCUT2D eigenvalue weighted by molar-refractivity contribution is 0.0494. The zero-order valence-corrected chi connectivity index (χ0v) is 15.5. The van der Waals surface area contributed by atoms with Gasteiger partial charge in [-0.25, -0.2) is 9.97 Å².